The number of aromatic nitrogens is 1. The Balaban J connectivity index is 1.73. The fourth-order valence-electron chi connectivity index (χ4n) is 1.67. The van der Waals surface area contributed by atoms with Crippen molar-refractivity contribution in [3.8, 4) is 0 Å². The zero-order valence-corrected chi connectivity index (χ0v) is 11.0. The average molecular weight is 274 g/mol. The van der Waals surface area contributed by atoms with Crippen LogP contribution >= 0.6 is 11.3 Å². The fraction of sp³-hybridized carbons (Fsp3) is 0.231. The Morgan fingerprint density at radius 3 is 2.74 bits per heavy atom. The van der Waals surface area contributed by atoms with E-state index in [2.05, 4.69) is 15.6 Å². The van der Waals surface area contributed by atoms with Crippen LogP contribution in [0.2, 0.25) is 0 Å². The molecule has 0 bridgehead atoms. The van der Waals surface area contributed by atoms with Gasteiger partial charge in [-0.05, 0) is 25.0 Å². The van der Waals surface area contributed by atoms with Crippen LogP contribution in [-0.2, 0) is 0 Å². The Morgan fingerprint density at radius 2 is 2.05 bits per heavy atom. The second-order valence-electron chi connectivity index (χ2n) is 4.47. The third-order valence-corrected chi connectivity index (χ3v) is 3.80. The lowest BCUT2D eigenvalue weighted by molar-refractivity contribution is 0.103. The lowest BCUT2D eigenvalue weighted by Crippen LogP contribution is -2.11. The van der Waals surface area contributed by atoms with E-state index in [0.717, 1.165) is 23.7 Å². The number of carbonyl (C=O) groups excluding carboxylic acids is 1. The molecular weight excluding hydrogens is 260 g/mol. The zero-order chi connectivity index (χ0) is 13.2. The number of para-hydroxylation sites is 1. The average Bonchev–Trinajstić information content (AvgIpc) is 3.13. The molecule has 0 unspecified atom stereocenters. The predicted molar refractivity (Wildman–Crippen MR) is 77.6 cm³/mol. The summed E-state index contributed by atoms with van der Waals surface area (Å²) in [6, 6.07) is 9.79. The van der Waals surface area contributed by atoms with E-state index in [4.69, 9.17) is 5.73 Å². The molecule has 3 rings (SSSR count). The van der Waals surface area contributed by atoms with Gasteiger partial charge in [0.05, 0.1) is 0 Å². The molecule has 2 aromatic rings. The van der Waals surface area contributed by atoms with Crippen LogP contribution in [0, 0.1) is 0 Å². The number of nitrogen functional groups attached to an aromatic ring is 1. The van der Waals surface area contributed by atoms with Crippen LogP contribution in [0.5, 0.6) is 0 Å². The molecule has 0 saturated heterocycles. The van der Waals surface area contributed by atoms with E-state index in [1.165, 1.54) is 11.3 Å². The number of nitrogens with two attached hydrogens (primary N) is 1. The molecule has 0 spiro atoms. The van der Waals surface area contributed by atoms with Gasteiger partial charge in [0.15, 0.2) is 5.13 Å². The summed E-state index contributed by atoms with van der Waals surface area (Å²) in [5, 5.41) is 6.77. The number of hydrogen-bond acceptors (Lipinski definition) is 5. The number of amides is 1. The predicted octanol–water partition coefficient (Wildman–Crippen LogP) is 2.55. The van der Waals surface area contributed by atoms with Gasteiger partial charge in [-0.15, -0.1) is 0 Å². The maximum absolute atomic E-state index is 12.1. The first-order valence-corrected chi connectivity index (χ1v) is 6.93. The summed E-state index contributed by atoms with van der Waals surface area (Å²) in [6.45, 7) is 0. The summed E-state index contributed by atoms with van der Waals surface area (Å²) >= 11 is 1.30. The van der Waals surface area contributed by atoms with E-state index in [1.54, 1.807) is 0 Å². The zero-order valence-electron chi connectivity index (χ0n) is 10.2. The maximum Gasteiger partial charge on any atom is 0.269 e. The van der Waals surface area contributed by atoms with Gasteiger partial charge in [-0.1, -0.05) is 29.5 Å². The largest absolute Gasteiger partial charge is 0.382 e. The third kappa shape index (κ3) is 2.85. The summed E-state index contributed by atoms with van der Waals surface area (Å²) in [5.74, 6) is 0.0617. The highest BCUT2D eigenvalue weighted by Gasteiger charge is 2.24. The minimum Gasteiger partial charge on any atom is -0.382 e. The second-order valence-corrected chi connectivity index (χ2v) is 5.47. The number of nitrogens with one attached hydrogen (secondary N) is 2. The summed E-state index contributed by atoms with van der Waals surface area (Å²) < 4.78 is 0. The van der Waals surface area contributed by atoms with Crippen LogP contribution in [-0.4, -0.2) is 16.9 Å². The van der Waals surface area contributed by atoms with Gasteiger partial charge < -0.3 is 16.4 Å². The van der Waals surface area contributed by atoms with E-state index < -0.39 is 0 Å². The van der Waals surface area contributed by atoms with Gasteiger partial charge in [-0.2, -0.15) is 0 Å². The molecule has 1 aromatic carbocycles. The van der Waals surface area contributed by atoms with Crippen molar-refractivity contribution >= 4 is 33.9 Å². The van der Waals surface area contributed by atoms with Gasteiger partial charge in [-0.25, -0.2) is 4.98 Å². The van der Waals surface area contributed by atoms with Crippen LogP contribution in [0.4, 0.5) is 16.6 Å². The fourth-order valence-corrected chi connectivity index (χ4v) is 2.52. The number of benzene rings is 1. The topological polar surface area (TPSA) is 80.0 Å². The highest BCUT2D eigenvalue weighted by atomic mass is 32.1. The van der Waals surface area contributed by atoms with E-state index in [1.807, 2.05) is 30.3 Å². The molecule has 1 aromatic heterocycles. The van der Waals surface area contributed by atoms with Crippen LogP contribution in [0.1, 0.15) is 22.5 Å². The first-order chi connectivity index (χ1) is 9.22. The van der Waals surface area contributed by atoms with Gasteiger partial charge in [0.1, 0.15) is 10.7 Å². The van der Waals surface area contributed by atoms with Crippen LogP contribution in [0.3, 0.4) is 0 Å². The van der Waals surface area contributed by atoms with E-state index >= 15 is 0 Å². The summed E-state index contributed by atoms with van der Waals surface area (Å²) in [6.07, 6.45) is 2.32. The lowest BCUT2D eigenvalue weighted by Gasteiger charge is -2.02. The number of thiazole rings is 1. The Kier molecular flexibility index (Phi) is 3.08. The van der Waals surface area contributed by atoms with Gasteiger partial charge >= 0.3 is 0 Å². The van der Waals surface area contributed by atoms with Crippen molar-refractivity contribution in [3.05, 3.63) is 35.2 Å². The first-order valence-electron chi connectivity index (χ1n) is 6.11. The van der Waals surface area contributed by atoms with Crippen LogP contribution in [0.25, 0.3) is 0 Å². The summed E-state index contributed by atoms with van der Waals surface area (Å²) in [4.78, 5) is 16.7. The molecule has 0 atom stereocenters. The molecular formula is C13H14N4OS. The third-order valence-electron chi connectivity index (χ3n) is 2.80. The minimum absolute atomic E-state index is 0.218. The van der Waals surface area contributed by atoms with E-state index in [0.29, 0.717) is 10.9 Å². The molecule has 5 nitrogen and oxygen atoms in total. The smallest absolute Gasteiger partial charge is 0.269 e. The van der Waals surface area contributed by atoms with Crippen molar-refractivity contribution < 1.29 is 4.79 Å². The highest BCUT2D eigenvalue weighted by Crippen LogP contribution is 2.30. The molecule has 1 aliphatic carbocycles. The van der Waals surface area contributed by atoms with Crippen LogP contribution < -0.4 is 16.4 Å². The number of anilines is 3. The molecule has 0 radical (unpaired) electrons. The van der Waals surface area contributed by atoms with Gasteiger partial charge in [0, 0.05) is 11.7 Å². The molecule has 1 aliphatic rings. The van der Waals surface area contributed by atoms with E-state index in [-0.39, 0.29) is 11.7 Å². The Labute approximate surface area is 114 Å². The molecule has 98 valence electrons. The quantitative estimate of drug-likeness (QED) is 0.800. The first kappa shape index (κ1) is 12.0. The van der Waals surface area contributed by atoms with Gasteiger partial charge in [-0.3, -0.25) is 4.79 Å². The molecule has 1 saturated carbocycles. The number of hydrogen-bond donors (Lipinski definition) is 3. The number of nitrogens with zero attached hydrogens (tertiary/aromatic N) is 1. The van der Waals surface area contributed by atoms with Crippen molar-refractivity contribution in [2.24, 2.45) is 0 Å². The Bertz CT molecular complexity index is 592. The van der Waals surface area contributed by atoms with E-state index in [9.17, 15) is 4.79 Å². The van der Waals surface area contributed by atoms with Crippen molar-refractivity contribution in [3.63, 3.8) is 0 Å². The van der Waals surface area contributed by atoms with Gasteiger partial charge in [0.2, 0.25) is 0 Å². The van der Waals surface area contributed by atoms with Crippen LogP contribution in [0.15, 0.2) is 30.3 Å². The normalized spacial score (nSPS) is 14.1. The Morgan fingerprint density at radius 1 is 1.32 bits per heavy atom. The Hall–Kier alpha value is -2.08. The van der Waals surface area contributed by atoms with Crippen molar-refractivity contribution in [2.75, 3.05) is 16.4 Å². The molecule has 19 heavy (non-hydrogen) atoms. The molecule has 1 heterocycles. The molecule has 1 amide bonds. The standard InChI is InChI=1S/C13H14N4OS/c14-11-10(19-13(17-11)16-9-6-7-9)12(18)15-8-4-2-1-3-5-8/h1-5,9H,6-7,14H2,(H,15,18)(H,16,17). The molecule has 1 fully saturated rings. The van der Waals surface area contributed by atoms with Crippen molar-refractivity contribution in [2.45, 2.75) is 18.9 Å². The lowest BCUT2D eigenvalue weighted by atomic mass is 10.3. The van der Waals surface area contributed by atoms with Gasteiger partial charge in [0.25, 0.3) is 5.91 Å². The second kappa shape index (κ2) is 4.89. The SMILES string of the molecule is Nc1nc(NC2CC2)sc1C(=O)Nc1ccccc1. The number of rotatable bonds is 4. The molecule has 6 heteroatoms. The molecule has 4 N–H and O–H groups in total. The van der Waals surface area contributed by atoms with Crippen molar-refractivity contribution in [1.29, 1.82) is 0 Å². The number of carbonyl (C=O) groups is 1. The minimum atomic E-state index is -0.218. The monoisotopic (exact) mass is 274 g/mol. The maximum atomic E-state index is 12.1. The van der Waals surface area contributed by atoms with Crippen molar-refractivity contribution in [1.82, 2.24) is 4.98 Å². The summed E-state index contributed by atoms with van der Waals surface area (Å²) in [7, 11) is 0. The molecule has 0 aliphatic heterocycles. The summed E-state index contributed by atoms with van der Waals surface area (Å²) in [5.41, 5.74) is 6.54. The highest BCUT2D eigenvalue weighted by molar-refractivity contribution is 7.18.